The Morgan fingerprint density at radius 2 is 1.83 bits per heavy atom. The van der Waals surface area contributed by atoms with Crippen LogP contribution in [0.1, 0.15) is 20.3 Å². The van der Waals surface area contributed by atoms with Crippen LogP contribution >= 0.6 is 0 Å². The first-order valence-corrected chi connectivity index (χ1v) is 9.77. The van der Waals surface area contributed by atoms with Crippen molar-refractivity contribution in [2.24, 2.45) is 22.7 Å². The van der Waals surface area contributed by atoms with Gasteiger partial charge in [-0.15, -0.1) is 0 Å². The van der Waals surface area contributed by atoms with Crippen molar-refractivity contribution in [2.45, 2.75) is 62.2 Å². The summed E-state index contributed by atoms with van der Waals surface area (Å²) in [6, 6.07) is 0. The fraction of sp³-hybridized carbons (Fsp3) is 0.750. The molecule has 2 bridgehead atoms. The van der Waals surface area contributed by atoms with E-state index in [0.29, 0.717) is 0 Å². The number of carbonyl (C=O) groups excluding carboxylic acids is 1. The SMILES string of the molecule is C=C1C(O)C2(O)OCC34C(CC5C(C)=CC(O)C(O)C5(C)C23)OC(=O)C(O)C14O. The lowest BCUT2D eigenvalue weighted by atomic mass is 9.37. The predicted molar refractivity (Wildman–Crippen MR) is 94.8 cm³/mol. The third-order valence-corrected chi connectivity index (χ3v) is 8.61. The molecule has 2 saturated carbocycles. The summed E-state index contributed by atoms with van der Waals surface area (Å²) in [5.74, 6) is -4.92. The van der Waals surface area contributed by atoms with Gasteiger partial charge in [-0.2, -0.15) is 0 Å². The lowest BCUT2D eigenvalue weighted by Crippen LogP contribution is -2.83. The third-order valence-electron chi connectivity index (χ3n) is 8.61. The molecule has 29 heavy (non-hydrogen) atoms. The Morgan fingerprint density at radius 1 is 1.17 bits per heavy atom. The van der Waals surface area contributed by atoms with Crippen molar-refractivity contribution in [3.8, 4) is 0 Å². The van der Waals surface area contributed by atoms with Crippen molar-refractivity contribution in [1.82, 2.24) is 0 Å². The first-order chi connectivity index (χ1) is 13.4. The molecular weight excluding hydrogens is 384 g/mol. The minimum atomic E-state index is -2.34. The molecule has 9 heteroatoms. The molecule has 6 N–H and O–H groups in total. The van der Waals surface area contributed by atoms with Crippen LogP contribution in [0.3, 0.4) is 0 Å². The number of aliphatic hydroxyl groups is 6. The Balaban J connectivity index is 1.84. The van der Waals surface area contributed by atoms with E-state index in [4.69, 9.17) is 9.47 Å². The van der Waals surface area contributed by atoms with E-state index < -0.39 is 70.5 Å². The van der Waals surface area contributed by atoms with Gasteiger partial charge in [0.05, 0.1) is 24.2 Å². The molecule has 2 saturated heterocycles. The highest BCUT2D eigenvalue weighted by atomic mass is 16.7. The number of aliphatic hydroxyl groups excluding tert-OH is 4. The summed E-state index contributed by atoms with van der Waals surface area (Å²) in [6.45, 7) is 6.79. The quantitative estimate of drug-likeness (QED) is 0.196. The lowest BCUT2D eigenvalue weighted by Gasteiger charge is -2.69. The highest BCUT2D eigenvalue weighted by Gasteiger charge is 2.87. The zero-order chi connectivity index (χ0) is 21.3. The van der Waals surface area contributed by atoms with Crippen LogP contribution in [0.15, 0.2) is 23.8 Å². The van der Waals surface area contributed by atoms with E-state index in [1.807, 2.05) is 0 Å². The highest BCUT2D eigenvalue weighted by Crippen LogP contribution is 2.74. The van der Waals surface area contributed by atoms with Gasteiger partial charge in [0.15, 0.2) is 6.10 Å². The maximum Gasteiger partial charge on any atom is 0.338 e. The van der Waals surface area contributed by atoms with Gasteiger partial charge >= 0.3 is 5.97 Å². The third kappa shape index (κ3) is 1.74. The number of hydrogen-bond acceptors (Lipinski definition) is 9. The Morgan fingerprint density at radius 3 is 2.48 bits per heavy atom. The Hall–Kier alpha value is -1.33. The molecule has 5 rings (SSSR count). The molecule has 2 aliphatic heterocycles. The summed E-state index contributed by atoms with van der Waals surface area (Å²) in [5, 5.41) is 66.3. The maximum absolute atomic E-state index is 12.4. The fourth-order valence-electron chi connectivity index (χ4n) is 7.36. The van der Waals surface area contributed by atoms with Gasteiger partial charge in [-0.25, -0.2) is 4.79 Å². The van der Waals surface area contributed by atoms with E-state index >= 15 is 0 Å². The first-order valence-electron chi connectivity index (χ1n) is 9.77. The molecular formula is C20H26O9. The normalized spacial score (nSPS) is 60.8. The second kappa shape index (κ2) is 5.28. The van der Waals surface area contributed by atoms with Gasteiger partial charge in [0.2, 0.25) is 5.79 Å². The summed E-state index contributed by atoms with van der Waals surface area (Å²) in [5.41, 5.74) is -4.77. The molecule has 3 aliphatic carbocycles. The summed E-state index contributed by atoms with van der Waals surface area (Å²) >= 11 is 0. The molecule has 1 spiro atoms. The van der Waals surface area contributed by atoms with Crippen molar-refractivity contribution in [1.29, 1.82) is 0 Å². The van der Waals surface area contributed by atoms with Crippen LogP contribution < -0.4 is 0 Å². The standard InChI is InChI=1S/C20H26O9/c1-7-4-10(21)13(23)17(3)9(7)5-11-18-6-28-20(27,16(17)18)12(22)8(2)19(18,26)14(24)15(25)29-11/h4,9-14,16,21-24,26-27H,2,5-6H2,1,3H3. The van der Waals surface area contributed by atoms with Gasteiger partial charge < -0.3 is 40.1 Å². The van der Waals surface area contributed by atoms with Gasteiger partial charge in [0, 0.05) is 11.3 Å². The van der Waals surface area contributed by atoms with E-state index in [9.17, 15) is 35.4 Å². The lowest BCUT2D eigenvalue weighted by molar-refractivity contribution is -0.343. The summed E-state index contributed by atoms with van der Waals surface area (Å²) < 4.78 is 11.2. The molecule has 160 valence electrons. The Bertz CT molecular complexity index is 855. The first kappa shape index (κ1) is 19.6. The van der Waals surface area contributed by atoms with E-state index in [0.717, 1.165) is 5.57 Å². The minimum absolute atomic E-state index is 0.183. The molecule has 5 aliphatic rings. The van der Waals surface area contributed by atoms with Crippen LogP contribution in [0.2, 0.25) is 0 Å². The van der Waals surface area contributed by atoms with Crippen molar-refractivity contribution in [3.63, 3.8) is 0 Å². The molecule has 9 nitrogen and oxygen atoms in total. The summed E-state index contributed by atoms with van der Waals surface area (Å²) in [7, 11) is 0. The largest absolute Gasteiger partial charge is 0.460 e. The van der Waals surface area contributed by atoms with Crippen LogP contribution in [0.4, 0.5) is 0 Å². The topological polar surface area (TPSA) is 157 Å². The van der Waals surface area contributed by atoms with Gasteiger partial charge in [-0.1, -0.05) is 25.2 Å². The second-order valence-electron chi connectivity index (χ2n) is 9.54. The smallest absolute Gasteiger partial charge is 0.338 e. The van der Waals surface area contributed by atoms with Crippen molar-refractivity contribution in [3.05, 3.63) is 23.8 Å². The maximum atomic E-state index is 12.4. The number of carbonyl (C=O) groups is 1. The zero-order valence-corrected chi connectivity index (χ0v) is 16.1. The average Bonchev–Trinajstić information content (AvgIpc) is 2.98. The van der Waals surface area contributed by atoms with Crippen LogP contribution in [-0.4, -0.2) is 85.1 Å². The zero-order valence-electron chi connectivity index (χ0n) is 16.1. The molecule has 11 atom stereocenters. The van der Waals surface area contributed by atoms with Crippen LogP contribution in [-0.2, 0) is 14.3 Å². The van der Waals surface area contributed by atoms with E-state index in [2.05, 4.69) is 6.58 Å². The number of rotatable bonds is 0. The van der Waals surface area contributed by atoms with Crippen molar-refractivity contribution < 1.29 is 44.9 Å². The molecule has 0 radical (unpaired) electrons. The second-order valence-corrected chi connectivity index (χ2v) is 9.54. The molecule has 0 aromatic rings. The Labute approximate surface area is 166 Å². The number of hydrogen-bond donors (Lipinski definition) is 6. The van der Waals surface area contributed by atoms with E-state index in [-0.39, 0.29) is 18.6 Å². The molecule has 0 amide bonds. The predicted octanol–water partition coefficient (Wildman–Crippen LogP) is -2.04. The molecule has 4 fully saturated rings. The van der Waals surface area contributed by atoms with Crippen molar-refractivity contribution in [2.75, 3.05) is 6.61 Å². The summed E-state index contributed by atoms with van der Waals surface area (Å²) in [4.78, 5) is 12.4. The van der Waals surface area contributed by atoms with Gasteiger partial charge in [-0.3, -0.25) is 0 Å². The average molecular weight is 410 g/mol. The molecule has 0 aromatic heterocycles. The van der Waals surface area contributed by atoms with E-state index in [1.54, 1.807) is 13.8 Å². The molecule has 2 heterocycles. The van der Waals surface area contributed by atoms with Gasteiger partial charge in [-0.05, 0) is 24.8 Å². The monoisotopic (exact) mass is 410 g/mol. The van der Waals surface area contributed by atoms with Gasteiger partial charge in [0.25, 0.3) is 0 Å². The fourth-order valence-corrected chi connectivity index (χ4v) is 7.36. The van der Waals surface area contributed by atoms with Crippen LogP contribution in [0, 0.1) is 22.7 Å². The minimum Gasteiger partial charge on any atom is -0.460 e. The molecule has 0 aromatic carbocycles. The van der Waals surface area contributed by atoms with E-state index in [1.165, 1.54) is 6.08 Å². The van der Waals surface area contributed by atoms with Crippen LogP contribution in [0.5, 0.6) is 0 Å². The Kier molecular flexibility index (Phi) is 3.58. The number of fused-ring (bicyclic) bond motifs is 1. The van der Waals surface area contributed by atoms with Crippen LogP contribution in [0.25, 0.3) is 0 Å². The van der Waals surface area contributed by atoms with Gasteiger partial charge in [0.1, 0.15) is 17.8 Å². The van der Waals surface area contributed by atoms with Crippen molar-refractivity contribution >= 4 is 5.97 Å². The molecule has 11 unspecified atom stereocenters. The summed E-state index contributed by atoms with van der Waals surface area (Å²) in [6.07, 6.45) is -5.73. The highest BCUT2D eigenvalue weighted by molar-refractivity contribution is 5.79. The number of ether oxygens (including phenoxy) is 2. The number of allylic oxidation sites excluding steroid dienone is 1. The number of esters is 1.